The third-order valence-corrected chi connectivity index (χ3v) is 7.15. The summed E-state index contributed by atoms with van der Waals surface area (Å²) in [7, 11) is -2.01. The normalized spacial score (nSPS) is 14.7. The SMILES string of the molecule is CC(/N=[SH](=O)/c1cnc(C(C)(C)O)s1)Nc1c(C(C)C)cc(F)cc1C(C)C. The first-order chi connectivity index (χ1) is 12.9. The molecular weight excluding hydrogens is 397 g/mol. The van der Waals surface area contributed by atoms with Gasteiger partial charge in [0.25, 0.3) is 0 Å². The van der Waals surface area contributed by atoms with Crippen molar-refractivity contribution in [2.75, 3.05) is 5.32 Å². The number of benzene rings is 1. The van der Waals surface area contributed by atoms with Crippen LogP contribution in [-0.4, -0.2) is 20.5 Å². The molecule has 2 aromatic rings. The molecule has 8 heteroatoms. The maximum atomic E-state index is 14.1. The third kappa shape index (κ3) is 5.52. The van der Waals surface area contributed by atoms with Crippen LogP contribution in [0.5, 0.6) is 0 Å². The van der Waals surface area contributed by atoms with Gasteiger partial charge in [-0.15, -0.1) is 11.3 Å². The van der Waals surface area contributed by atoms with Crippen LogP contribution in [0.2, 0.25) is 0 Å². The number of thiol groups is 1. The van der Waals surface area contributed by atoms with Crippen LogP contribution in [0.15, 0.2) is 26.9 Å². The van der Waals surface area contributed by atoms with Crippen LogP contribution in [0.4, 0.5) is 10.1 Å². The number of halogens is 1. The fraction of sp³-hybridized carbons (Fsp3) is 0.550. The molecule has 0 aliphatic carbocycles. The van der Waals surface area contributed by atoms with Crippen molar-refractivity contribution >= 4 is 27.6 Å². The maximum Gasteiger partial charge on any atom is 0.125 e. The van der Waals surface area contributed by atoms with E-state index in [1.165, 1.54) is 17.5 Å². The standard InChI is InChI=1S/C20H30FN3O2S2/c1-11(2)15-8-14(21)9-16(12(3)4)18(15)23-13(5)24-28(26)17-10-22-19(27-17)20(6,7)25/h8-13,23,25,28H,1-7H3. The van der Waals surface area contributed by atoms with Crippen molar-refractivity contribution in [3.8, 4) is 0 Å². The van der Waals surface area contributed by atoms with Crippen molar-refractivity contribution < 1.29 is 13.7 Å². The highest BCUT2D eigenvalue weighted by Gasteiger charge is 2.21. The van der Waals surface area contributed by atoms with Gasteiger partial charge in [0.05, 0.1) is 16.8 Å². The van der Waals surface area contributed by atoms with Crippen LogP contribution in [0.25, 0.3) is 0 Å². The lowest BCUT2D eigenvalue weighted by Gasteiger charge is -2.23. The van der Waals surface area contributed by atoms with Crippen LogP contribution in [0.1, 0.15) is 76.4 Å². The molecule has 2 atom stereocenters. The lowest BCUT2D eigenvalue weighted by molar-refractivity contribution is 0.0783. The zero-order chi connectivity index (χ0) is 21.2. The van der Waals surface area contributed by atoms with Gasteiger partial charge in [-0.25, -0.2) is 17.9 Å². The molecule has 5 nitrogen and oxygen atoms in total. The van der Waals surface area contributed by atoms with Gasteiger partial charge in [-0.05, 0) is 55.9 Å². The maximum absolute atomic E-state index is 14.1. The fourth-order valence-electron chi connectivity index (χ4n) is 2.82. The highest BCUT2D eigenvalue weighted by Crippen LogP contribution is 2.34. The first kappa shape index (κ1) is 22.8. The molecule has 1 aromatic heterocycles. The van der Waals surface area contributed by atoms with E-state index in [1.54, 1.807) is 26.0 Å². The topological polar surface area (TPSA) is 74.6 Å². The van der Waals surface area contributed by atoms with Crippen molar-refractivity contribution in [2.24, 2.45) is 4.36 Å². The number of rotatable bonds is 7. The van der Waals surface area contributed by atoms with E-state index >= 15 is 0 Å². The first-order valence-corrected chi connectivity index (χ1v) is 11.4. The number of thiazole rings is 1. The average Bonchev–Trinajstić information content (AvgIpc) is 3.06. The van der Waals surface area contributed by atoms with Gasteiger partial charge < -0.3 is 10.4 Å². The molecule has 0 aliphatic heterocycles. The summed E-state index contributed by atoms with van der Waals surface area (Å²) in [5, 5.41) is 13.9. The van der Waals surface area contributed by atoms with E-state index in [4.69, 9.17) is 0 Å². The van der Waals surface area contributed by atoms with E-state index in [9.17, 15) is 13.7 Å². The van der Waals surface area contributed by atoms with Crippen molar-refractivity contribution in [3.05, 3.63) is 40.3 Å². The number of nitrogens with zero attached hydrogens (tertiary/aromatic N) is 2. The summed E-state index contributed by atoms with van der Waals surface area (Å²) in [4.78, 5) is 4.15. The van der Waals surface area contributed by atoms with Gasteiger partial charge in [0.2, 0.25) is 0 Å². The number of aromatic nitrogens is 1. The Morgan fingerprint density at radius 1 is 1.18 bits per heavy atom. The van der Waals surface area contributed by atoms with E-state index in [-0.39, 0.29) is 17.7 Å². The minimum absolute atomic E-state index is 0.132. The van der Waals surface area contributed by atoms with Crippen LogP contribution >= 0.6 is 11.3 Å². The molecule has 0 aliphatic rings. The van der Waals surface area contributed by atoms with Gasteiger partial charge in [0, 0.05) is 5.69 Å². The summed E-state index contributed by atoms with van der Waals surface area (Å²) in [6.07, 6.45) is 1.07. The van der Waals surface area contributed by atoms with E-state index in [0.717, 1.165) is 16.8 Å². The Kier molecular flexibility index (Phi) is 7.22. The molecular formula is C20H30FN3O2S2. The summed E-state index contributed by atoms with van der Waals surface area (Å²) in [5.41, 5.74) is 1.54. The fourth-order valence-corrected chi connectivity index (χ4v) is 4.83. The Morgan fingerprint density at radius 2 is 1.71 bits per heavy atom. The van der Waals surface area contributed by atoms with Crippen molar-refractivity contribution in [2.45, 2.75) is 76.3 Å². The molecule has 0 saturated heterocycles. The smallest absolute Gasteiger partial charge is 0.125 e. The highest BCUT2D eigenvalue weighted by atomic mass is 32.2. The lowest BCUT2D eigenvalue weighted by atomic mass is 9.92. The quantitative estimate of drug-likeness (QED) is 0.528. The van der Waals surface area contributed by atoms with Crippen LogP contribution in [0, 0.1) is 5.82 Å². The first-order valence-electron chi connectivity index (χ1n) is 9.36. The number of hydrogen-bond donors (Lipinski definition) is 3. The zero-order valence-corrected chi connectivity index (χ0v) is 19.2. The summed E-state index contributed by atoms with van der Waals surface area (Å²) < 4.78 is 31.6. The number of nitrogens with one attached hydrogen (secondary N) is 1. The van der Waals surface area contributed by atoms with Gasteiger partial charge in [-0.2, -0.15) is 0 Å². The molecule has 0 amide bonds. The molecule has 28 heavy (non-hydrogen) atoms. The second kappa shape index (κ2) is 8.88. The summed E-state index contributed by atoms with van der Waals surface area (Å²) in [5.74, 6) is 0.0115. The Bertz CT molecular complexity index is 881. The number of anilines is 1. The van der Waals surface area contributed by atoms with Gasteiger partial charge >= 0.3 is 0 Å². The second-order valence-electron chi connectivity index (χ2n) is 8.04. The van der Waals surface area contributed by atoms with Crippen molar-refractivity contribution in [1.29, 1.82) is 0 Å². The van der Waals surface area contributed by atoms with E-state index < -0.39 is 22.4 Å². The molecule has 0 fully saturated rings. The highest BCUT2D eigenvalue weighted by molar-refractivity contribution is 7.77. The molecule has 2 unspecified atom stereocenters. The third-order valence-electron chi connectivity index (χ3n) is 4.24. The van der Waals surface area contributed by atoms with E-state index in [1.807, 2.05) is 34.6 Å². The molecule has 0 bridgehead atoms. The Labute approximate surface area is 172 Å². The summed E-state index contributed by atoms with van der Waals surface area (Å²) in [6, 6.07) is 3.09. The van der Waals surface area contributed by atoms with Gasteiger partial charge in [0.1, 0.15) is 26.8 Å². The van der Waals surface area contributed by atoms with E-state index in [2.05, 4.69) is 14.7 Å². The molecule has 2 N–H and O–H groups in total. The Hall–Kier alpha value is -1.51. The van der Waals surface area contributed by atoms with Gasteiger partial charge in [-0.1, -0.05) is 27.7 Å². The minimum Gasteiger partial charge on any atom is -0.383 e. The Morgan fingerprint density at radius 3 is 2.14 bits per heavy atom. The summed E-state index contributed by atoms with van der Waals surface area (Å²) in [6.45, 7) is 13.2. The number of aliphatic hydroxyl groups is 1. The largest absolute Gasteiger partial charge is 0.383 e. The van der Waals surface area contributed by atoms with E-state index in [0.29, 0.717) is 9.22 Å². The van der Waals surface area contributed by atoms with Gasteiger partial charge in [0.15, 0.2) is 0 Å². The molecule has 2 rings (SSSR count). The molecule has 0 radical (unpaired) electrons. The molecule has 1 heterocycles. The predicted octanol–water partition coefficient (Wildman–Crippen LogP) is 5.24. The summed E-state index contributed by atoms with van der Waals surface area (Å²) >= 11 is 1.20. The molecule has 0 saturated carbocycles. The predicted molar refractivity (Wildman–Crippen MR) is 115 cm³/mol. The second-order valence-corrected chi connectivity index (χ2v) is 10.6. The van der Waals surface area contributed by atoms with Crippen LogP contribution < -0.4 is 5.32 Å². The molecule has 156 valence electrons. The van der Waals surface area contributed by atoms with Crippen molar-refractivity contribution in [3.63, 3.8) is 0 Å². The van der Waals surface area contributed by atoms with Crippen molar-refractivity contribution in [1.82, 2.24) is 4.98 Å². The van der Waals surface area contributed by atoms with Gasteiger partial charge in [-0.3, -0.25) is 0 Å². The van der Waals surface area contributed by atoms with Crippen LogP contribution in [0.3, 0.4) is 0 Å². The monoisotopic (exact) mass is 427 g/mol. The molecule has 0 spiro atoms. The lowest BCUT2D eigenvalue weighted by Crippen LogP contribution is -2.17. The average molecular weight is 428 g/mol. The minimum atomic E-state index is -2.01. The zero-order valence-electron chi connectivity index (χ0n) is 17.4. The Balaban J connectivity index is 2.34. The molecule has 1 aromatic carbocycles. The number of hydrogen-bond acceptors (Lipinski definition) is 6. The van der Waals surface area contributed by atoms with Crippen LogP contribution in [-0.2, 0) is 16.2 Å².